The third kappa shape index (κ3) is 2.24. The summed E-state index contributed by atoms with van der Waals surface area (Å²) in [6.07, 6.45) is 3.06. The SMILES string of the molecule is CC1CCC(O)(C(=O)c2sccc2Br)CC1. The van der Waals surface area contributed by atoms with Crippen LogP contribution in [0.3, 0.4) is 0 Å². The van der Waals surface area contributed by atoms with Crippen molar-refractivity contribution in [3.05, 3.63) is 20.8 Å². The second-order valence-corrected chi connectivity index (χ2v) is 6.41. The molecule has 2 nitrogen and oxygen atoms in total. The van der Waals surface area contributed by atoms with E-state index in [4.69, 9.17) is 0 Å². The third-order valence-electron chi connectivity index (χ3n) is 3.35. The number of halogens is 1. The second-order valence-electron chi connectivity index (χ2n) is 4.64. The van der Waals surface area contributed by atoms with Gasteiger partial charge in [0.05, 0.1) is 4.88 Å². The van der Waals surface area contributed by atoms with Crippen LogP contribution in [0.15, 0.2) is 15.9 Å². The molecule has 0 aliphatic heterocycles. The minimum absolute atomic E-state index is 0.110. The van der Waals surface area contributed by atoms with E-state index in [1.165, 1.54) is 11.3 Å². The highest BCUT2D eigenvalue weighted by Crippen LogP contribution is 2.36. The first-order valence-electron chi connectivity index (χ1n) is 5.53. The molecule has 1 aromatic heterocycles. The Morgan fingerprint density at radius 1 is 1.56 bits per heavy atom. The van der Waals surface area contributed by atoms with Crippen LogP contribution in [-0.2, 0) is 0 Å². The first-order valence-corrected chi connectivity index (χ1v) is 7.20. The van der Waals surface area contributed by atoms with Crippen LogP contribution in [0.2, 0.25) is 0 Å². The van der Waals surface area contributed by atoms with E-state index in [0.29, 0.717) is 23.6 Å². The van der Waals surface area contributed by atoms with Crippen LogP contribution < -0.4 is 0 Å². The molecule has 0 amide bonds. The molecule has 0 atom stereocenters. The van der Waals surface area contributed by atoms with Crippen LogP contribution in [0, 0.1) is 5.92 Å². The number of ketones is 1. The van der Waals surface area contributed by atoms with Crippen LogP contribution in [0.4, 0.5) is 0 Å². The Morgan fingerprint density at radius 2 is 2.19 bits per heavy atom. The zero-order valence-corrected chi connectivity index (χ0v) is 11.6. The van der Waals surface area contributed by atoms with Crippen molar-refractivity contribution in [3.63, 3.8) is 0 Å². The fraction of sp³-hybridized carbons (Fsp3) is 0.583. The molecular weight excluding hydrogens is 288 g/mol. The summed E-state index contributed by atoms with van der Waals surface area (Å²) in [7, 11) is 0. The summed E-state index contributed by atoms with van der Waals surface area (Å²) < 4.78 is 0.801. The predicted octanol–water partition coefficient (Wildman–Crippen LogP) is 3.63. The van der Waals surface area contributed by atoms with Crippen molar-refractivity contribution in [1.29, 1.82) is 0 Å². The summed E-state index contributed by atoms with van der Waals surface area (Å²) in [4.78, 5) is 12.9. The zero-order chi connectivity index (χ0) is 11.8. The Labute approximate surface area is 108 Å². The summed E-state index contributed by atoms with van der Waals surface area (Å²) >= 11 is 4.74. The molecule has 0 saturated heterocycles. The van der Waals surface area contributed by atoms with E-state index in [1.54, 1.807) is 0 Å². The lowest BCUT2D eigenvalue weighted by atomic mass is 9.77. The summed E-state index contributed by atoms with van der Waals surface area (Å²) in [6, 6.07) is 1.85. The van der Waals surface area contributed by atoms with E-state index >= 15 is 0 Å². The maximum Gasteiger partial charge on any atom is 0.205 e. The number of thiophene rings is 1. The maximum absolute atomic E-state index is 12.2. The minimum atomic E-state index is -1.13. The molecule has 4 heteroatoms. The smallest absolute Gasteiger partial charge is 0.205 e. The minimum Gasteiger partial charge on any atom is -0.382 e. The van der Waals surface area contributed by atoms with Crippen molar-refractivity contribution in [1.82, 2.24) is 0 Å². The first kappa shape index (κ1) is 12.3. The highest BCUT2D eigenvalue weighted by Gasteiger charge is 2.40. The van der Waals surface area contributed by atoms with Gasteiger partial charge in [0, 0.05) is 4.47 Å². The average Bonchev–Trinajstić information content (AvgIpc) is 2.68. The van der Waals surface area contributed by atoms with Crippen molar-refractivity contribution >= 4 is 33.0 Å². The number of hydrogen-bond donors (Lipinski definition) is 1. The number of rotatable bonds is 2. The van der Waals surface area contributed by atoms with E-state index < -0.39 is 5.60 Å². The largest absolute Gasteiger partial charge is 0.382 e. The Hall–Kier alpha value is -0.190. The number of hydrogen-bond acceptors (Lipinski definition) is 3. The summed E-state index contributed by atoms with van der Waals surface area (Å²) in [6.45, 7) is 2.17. The van der Waals surface area contributed by atoms with Gasteiger partial charge in [-0.05, 0) is 59.0 Å². The molecule has 0 bridgehead atoms. The van der Waals surface area contributed by atoms with Gasteiger partial charge in [-0.3, -0.25) is 4.79 Å². The average molecular weight is 303 g/mol. The molecule has 88 valence electrons. The van der Waals surface area contributed by atoms with Gasteiger partial charge in [0.25, 0.3) is 0 Å². The van der Waals surface area contributed by atoms with Gasteiger partial charge in [-0.2, -0.15) is 0 Å². The normalized spacial score (nSPS) is 30.3. The summed E-state index contributed by atoms with van der Waals surface area (Å²) in [5.74, 6) is 0.515. The van der Waals surface area contributed by atoms with Crippen LogP contribution in [0.25, 0.3) is 0 Å². The molecule has 1 N–H and O–H groups in total. The Bertz CT molecular complexity index is 391. The number of Topliss-reactive ketones (excluding diaryl/α,β-unsaturated/α-hetero) is 1. The molecule has 1 aliphatic carbocycles. The predicted molar refractivity (Wildman–Crippen MR) is 68.9 cm³/mol. The van der Waals surface area contributed by atoms with E-state index in [9.17, 15) is 9.90 Å². The second kappa shape index (κ2) is 4.59. The molecule has 2 rings (SSSR count). The van der Waals surface area contributed by atoms with Crippen molar-refractivity contribution < 1.29 is 9.90 Å². The lowest BCUT2D eigenvalue weighted by Gasteiger charge is -2.33. The van der Waals surface area contributed by atoms with Crippen LogP contribution >= 0.6 is 27.3 Å². The van der Waals surface area contributed by atoms with Gasteiger partial charge >= 0.3 is 0 Å². The van der Waals surface area contributed by atoms with E-state index in [0.717, 1.165) is 17.3 Å². The van der Waals surface area contributed by atoms with Crippen molar-refractivity contribution in [2.24, 2.45) is 5.92 Å². The monoisotopic (exact) mass is 302 g/mol. The Morgan fingerprint density at radius 3 is 2.69 bits per heavy atom. The van der Waals surface area contributed by atoms with Crippen LogP contribution in [0.1, 0.15) is 42.3 Å². The van der Waals surface area contributed by atoms with E-state index in [2.05, 4.69) is 22.9 Å². The number of aliphatic hydroxyl groups is 1. The van der Waals surface area contributed by atoms with Crippen LogP contribution in [-0.4, -0.2) is 16.5 Å². The van der Waals surface area contributed by atoms with Crippen LogP contribution in [0.5, 0.6) is 0 Å². The Balaban J connectivity index is 2.19. The summed E-state index contributed by atoms with van der Waals surface area (Å²) in [5.41, 5.74) is -1.13. The number of carbonyl (C=O) groups excluding carboxylic acids is 1. The Kier molecular flexibility index (Phi) is 3.52. The van der Waals surface area contributed by atoms with Gasteiger partial charge in [0.15, 0.2) is 0 Å². The molecule has 0 aromatic carbocycles. The quantitative estimate of drug-likeness (QED) is 0.847. The lowest BCUT2D eigenvalue weighted by Crippen LogP contribution is -2.41. The highest BCUT2D eigenvalue weighted by atomic mass is 79.9. The highest BCUT2D eigenvalue weighted by molar-refractivity contribution is 9.10. The van der Waals surface area contributed by atoms with Crippen molar-refractivity contribution in [2.45, 2.75) is 38.2 Å². The van der Waals surface area contributed by atoms with E-state index in [1.807, 2.05) is 11.4 Å². The zero-order valence-electron chi connectivity index (χ0n) is 9.20. The van der Waals surface area contributed by atoms with Gasteiger partial charge in [-0.1, -0.05) is 6.92 Å². The summed E-state index contributed by atoms with van der Waals surface area (Å²) in [5, 5.41) is 12.3. The van der Waals surface area contributed by atoms with Gasteiger partial charge in [0.1, 0.15) is 5.60 Å². The molecule has 1 aliphatic rings. The molecule has 16 heavy (non-hydrogen) atoms. The lowest BCUT2D eigenvalue weighted by molar-refractivity contribution is 0.00457. The fourth-order valence-corrected chi connectivity index (χ4v) is 3.72. The van der Waals surface area contributed by atoms with Gasteiger partial charge in [-0.25, -0.2) is 0 Å². The number of carbonyl (C=O) groups is 1. The van der Waals surface area contributed by atoms with Crippen molar-refractivity contribution in [3.8, 4) is 0 Å². The molecular formula is C12H15BrO2S. The fourth-order valence-electron chi connectivity index (χ4n) is 2.13. The topological polar surface area (TPSA) is 37.3 Å². The standard InChI is InChI=1S/C12H15BrO2S/c1-8-2-5-12(15,6-3-8)11(14)10-9(13)4-7-16-10/h4,7-8,15H,2-3,5-6H2,1H3. The molecule has 1 fully saturated rings. The van der Waals surface area contributed by atoms with Gasteiger partial charge < -0.3 is 5.11 Å². The first-order chi connectivity index (χ1) is 7.53. The van der Waals surface area contributed by atoms with Gasteiger partial charge in [-0.15, -0.1) is 11.3 Å². The molecule has 1 heterocycles. The third-order valence-corrected chi connectivity index (χ3v) is 5.18. The molecule has 1 aromatic rings. The molecule has 0 radical (unpaired) electrons. The molecule has 1 saturated carbocycles. The molecule has 0 unspecified atom stereocenters. The molecule has 0 spiro atoms. The maximum atomic E-state index is 12.2. The van der Waals surface area contributed by atoms with E-state index in [-0.39, 0.29) is 5.78 Å². The van der Waals surface area contributed by atoms with Gasteiger partial charge in [0.2, 0.25) is 5.78 Å². The van der Waals surface area contributed by atoms with Crippen molar-refractivity contribution in [2.75, 3.05) is 0 Å².